The van der Waals surface area contributed by atoms with Gasteiger partial charge in [-0.3, -0.25) is 0 Å². The van der Waals surface area contributed by atoms with Crippen molar-refractivity contribution in [1.29, 1.82) is 5.26 Å². The maximum Gasteiger partial charge on any atom is 0.120 e. The molecule has 112 valence electrons. The molecule has 23 heavy (non-hydrogen) atoms. The molecule has 0 fully saturated rings. The van der Waals surface area contributed by atoms with Gasteiger partial charge in [0, 0.05) is 17.8 Å². The minimum Gasteiger partial charge on any atom is -0.508 e. The Labute approximate surface area is 135 Å². The number of aromatic hydroxyl groups is 1. The van der Waals surface area contributed by atoms with E-state index in [9.17, 15) is 5.11 Å². The van der Waals surface area contributed by atoms with E-state index in [0.29, 0.717) is 17.9 Å². The van der Waals surface area contributed by atoms with Crippen LogP contribution in [0.15, 0.2) is 72.8 Å². The Balaban J connectivity index is 1.69. The number of nitrogens with one attached hydrogen (secondary N) is 1. The van der Waals surface area contributed by atoms with Gasteiger partial charge in [-0.25, -0.2) is 0 Å². The third-order valence-electron chi connectivity index (χ3n) is 3.71. The molecule has 3 heteroatoms. The van der Waals surface area contributed by atoms with E-state index in [1.807, 2.05) is 66.7 Å². The zero-order valence-corrected chi connectivity index (χ0v) is 12.5. The monoisotopic (exact) mass is 300 g/mol. The van der Waals surface area contributed by atoms with Crippen LogP contribution in [0.25, 0.3) is 11.1 Å². The van der Waals surface area contributed by atoms with Crippen molar-refractivity contribution in [2.24, 2.45) is 0 Å². The highest BCUT2D eigenvalue weighted by Gasteiger charge is 2.01. The molecular weight excluding hydrogens is 284 g/mol. The highest BCUT2D eigenvalue weighted by molar-refractivity contribution is 5.66. The minimum absolute atomic E-state index is 0.300. The van der Waals surface area contributed by atoms with Crippen LogP contribution in [0.1, 0.15) is 11.1 Å². The van der Waals surface area contributed by atoms with Crippen LogP contribution in [0.3, 0.4) is 0 Å². The summed E-state index contributed by atoms with van der Waals surface area (Å²) in [5.74, 6) is 0.300. The largest absolute Gasteiger partial charge is 0.508 e. The van der Waals surface area contributed by atoms with E-state index in [0.717, 1.165) is 22.4 Å². The average molecular weight is 300 g/mol. The lowest BCUT2D eigenvalue weighted by Gasteiger charge is -2.09. The van der Waals surface area contributed by atoms with Crippen molar-refractivity contribution in [1.82, 2.24) is 0 Å². The lowest BCUT2D eigenvalue weighted by Crippen LogP contribution is -1.99. The lowest BCUT2D eigenvalue weighted by atomic mass is 10.0. The first-order valence-corrected chi connectivity index (χ1v) is 7.37. The first-order chi connectivity index (χ1) is 11.3. The van der Waals surface area contributed by atoms with Crippen LogP contribution >= 0.6 is 0 Å². The molecule has 3 aromatic carbocycles. The molecule has 2 N–H and O–H groups in total. The van der Waals surface area contributed by atoms with E-state index in [2.05, 4.69) is 11.4 Å². The number of hydrogen-bond acceptors (Lipinski definition) is 3. The highest BCUT2D eigenvalue weighted by atomic mass is 16.3. The van der Waals surface area contributed by atoms with Crippen LogP contribution < -0.4 is 5.32 Å². The number of para-hydroxylation sites is 1. The Morgan fingerprint density at radius 3 is 2.04 bits per heavy atom. The van der Waals surface area contributed by atoms with Gasteiger partial charge in [0.25, 0.3) is 0 Å². The molecule has 3 rings (SSSR count). The zero-order chi connectivity index (χ0) is 16.1. The maximum absolute atomic E-state index is 9.76. The molecule has 0 unspecified atom stereocenters. The number of nitrogens with zero attached hydrogens (tertiary/aromatic N) is 1. The van der Waals surface area contributed by atoms with Gasteiger partial charge >= 0.3 is 0 Å². The van der Waals surface area contributed by atoms with Crippen molar-refractivity contribution in [3.8, 4) is 22.9 Å². The Kier molecular flexibility index (Phi) is 4.26. The second kappa shape index (κ2) is 6.67. The molecule has 3 nitrogen and oxygen atoms in total. The van der Waals surface area contributed by atoms with E-state index in [1.165, 1.54) is 0 Å². The summed E-state index contributed by atoms with van der Waals surface area (Å²) in [6, 6.07) is 25.0. The smallest absolute Gasteiger partial charge is 0.120 e. The lowest BCUT2D eigenvalue weighted by molar-refractivity contribution is 0.469. The number of phenolic OH excluding ortho intramolecular Hbond substituents is 1. The summed E-state index contributed by atoms with van der Waals surface area (Å²) in [7, 11) is 0. The minimum atomic E-state index is 0.300. The number of rotatable bonds is 4. The van der Waals surface area contributed by atoms with Gasteiger partial charge in [-0.05, 0) is 41.5 Å². The fourth-order valence-corrected chi connectivity index (χ4v) is 2.38. The van der Waals surface area contributed by atoms with Crippen LogP contribution in [0, 0.1) is 11.3 Å². The fourth-order valence-electron chi connectivity index (χ4n) is 2.38. The summed E-state index contributed by atoms with van der Waals surface area (Å²) in [6.07, 6.45) is 0. The molecule has 0 spiro atoms. The average Bonchev–Trinajstić information content (AvgIpc) is 2.62. The molecule has 0 aliphatic heterocycles. The summed E-state index contributed by atoms with van der Waals surface area (Å²) in [6.45, 7) is 0.572. The van der Waals surface area contributed by atoms with Crippen LogP contribution in [-0.4, -0.2) is 5.11 Å². The molecule has 3 aromatic rings. The number of phenols is 1. The number of anilines is 1. The van der Waals surface area contributed by atoms with Crippen molar-refractivity contribution >= 4 is 5.69 Å². The van der Waals surface area contributed by atoms with Gasteiger partial charge in [-0.2, -0.15) is 5.26 Å². The molecule has 0 saturated heterocycles. The molecular formula is C20H16N2O. The normalized spacial score (nSPS) is 10.0. The Bertz CT molecular complexity index is 831. The summed E-state index contributed by atoms with van der Waals surface area (Å²) < 4.78 is 0. The Morgan fingerprint density at radius 2 is 1.43 bits per heavy atom. The predicted octanol–water partition coefficient (Wildman–Crippen LogP) is 4.54. The summed E-state index contributed by atoms with van der Waals surface area (Å²) in [5, 5.41) is 21.9. The van der Waals surface area contributed by atoms with Gasteiger partial charge < -0.3 is 10.4 Å². The van der Waals surface area contributed by atoms with Crippen molar-refractivity contribution in [3.63, 3.8) is 0 Å². The first-order valence-electron chi connectivity index (χ1n) is 7.37. The SMILES string of the molecule is N#Cc1ccc(-c2ccc(NCc3ccccc3O)cc2)cc1. The zero-order valence-electron chi connectivity index (χ0n) is 12.5. The number of hydrogen-bond donors (Lipinski definition) is 2. The Morgan fingerprint density at radius 1 is 0.826 bits per heavy atom. The van der Waals surface area contributed by atoms with Crippen molar-refractivity contribution in [2.75, 3.05) is 5.32 Å². The second-order valence-corrected chi connectivity index (χ2v) is 5.25. The van der Waals surface area contributed by atoms with Crippen molar-refractivity contribution < 1.29 is 5.11 Å². The first kappa shape index (κ1) is 14.7. The molecule has 0 saturated carbocycles. The Hall–Kier alpha value is -3.25. The van der Waals surface area contributed by atoms with Gasteiger partial charge in [0.1, 0.15) is 5.75 Å². The van der Waals surface area contributed by atoms with E-state index < -0.39 is 0 Å². The van der Waals surface area contributed by atoms with Crippen molar-refractivity contribution in [2.45, 2.75) is 6.54 Å². The van der Waals surface area contributed by atoms with Gasteiger partial charge in [-0.15, -0.1) is 0 Å². The van der Waals surface area contributed by atoms with Gasteiger partial charge in [0.05, 0.1) is 11.6 Å². The third kappa shape index (κ3) is 3.50. The van der Waals surface area contributed by atoms with Crippen LogP contribution in [-0.2, 0) is 6.54 Å². The topological polar surface area (TPSA) is 56.0 Å². The summed E-state index contributed by atoms with van der Waals surface area (Å²) in [5.41, 5.74) is 4.70. The molecule has 0 radical (unpaired) electrons. The van der Waals surface area contributed by atoms with E-state index in [-0.39, 0.29) is 0 Å². The maximum atomic E-state index is 9.76. The van der Waals surface area contributed by atoms with E-state index in [4.69, 9.17) is 5.26 Å². The van der Waals surface area contributed by atoms with Crippen LogP contribution in [0.2, 0.25) is 0 Å². The van der Waals surface area contributed by atoms with E-state index in [1.54, 1.807) is 6.07 Å². The van der Waals surface area contributed by atoms with Crippen molar-refractivity contribution in [3.05, 3.63) is 83.9 Å². The standard InChI is InChI=1S/C20H16N2O/c21-13-15-5-7-16(8-6-15)17-9-11-19(12-10-17)22-14-18-3-1-2-4-20(18)23/h1-12,22-23H,14H2. The van der Waals surface area contributed by atoms with Crippen LogP contribution in [0.5, 0.6) is 5.75 Å². The number of benzene rings is 3. The second-order valence-electron chi connectivity index (χ2n) is 5.25. The molecule has 0 atom stereocenters. The number of nitriles is 1. The van der Waals surface area contributed by atoms with E-state index >= 15 is 0 Å². The molecule has 0 heterocycles. The summed E-state index contributed by atoms with van der Waals surface area (Å²) >= 11 is 0. The quantitative estimate of drug-likeness (QED) is 0.743. The third-order valence-corrected chi connectivity index (χ3v) is 3.71. The van der Waals surface area contributed by atoms with Gasteiger partial charge in [0.15, 0.2) is 0 Å². The fraction of sp³-hybridized carbons (Fsp3) is 0.0500. The summed E-state index contributed by atoms with van der Waals surface area (Å²) in [4.78, 5) is 0. The highest BCUT2D eigenvalue weighted by Crippen LogP contribution is 2.23. The molecule has 0 aliphatic rings. The molecule has 0 amide bonds. The van der Waals surface area contributed by atoms with Gasteiger partial charge in [-0.1, -0.05) is 42.5 Å². The molecule has 0 bridgehead atoms. The molecule has 0 aliphatic carbocycles. The molecule has 0 aromatic heterocycles. The van der Waals surface area contributed by atoms with Crippen LogP contribution in [0.4, 0.5) is 5.69 Å². The predicted molar refractivity (Wildman–Crippen MR) is 92.0 cm³/mol. The van der Waals surface area contributed by atoms with Gasteiger partial charge in [0.2, 0.25) is 0 Å².